The van der Waals surface area contributed by atoms with Crippen LogP contribution in [0.25, 0.3) is 0 Å². The molecule has 1 heterocycles. The summed E-state index contributed by atoms with van der Waals surface area (Å²) in [6.45, 7) is 4.58. The Morgan fingerprint density at radius 1 is 1.04 bits per heavy atom. The topological polar surface area (TPSA) is 64.7 Å². The monoisotopic (exact) mass is 362 g/mol. The van der Waals surface area contributed by atoms with E-state index in [0.717, 1.165) is 19.5 Å². The van der Waals surface area contributed by atoms with Gasteiger partial charge in [0.25, 0.3) is 0 Å². The maximum absolute atomic E-state index is 14.0. The van der Waals surface area contributed by atoms with Gasteiger partial charge in [0, 0.05) is 44.8 Å². The number of amides is 3. The zero-order valence-electron chi connectivity index (χ0n) is 15.3. The largest absolute Gasteiger partial charge is 0.326 e. The first-order chi connectivity index (χ1) is 12.5. The van der Waals surface area contributed by atoms with E-state index in [1.807, 2.05) is 0 Å². The summed E-state index contributed by atoms with van der Waals surface area (Å²) in [6.07, 6.45) is 6.05. The van der Waals surface area contributed by atoms with Gasteiger partial charge in [0.05, 0.1) is 5.69 Å². The smallest absolute Gasteiger partial charge is 0.321 e. The van der Waals surface area contributed by atoms with E-state index in [0.29, 0.717) is 24.8 Å². The summed E-state index contributed by atoms with van der Waals surface area (Å²) >= 11 is 0. The van der Waals surface area contributed by atoms with Crippen molar-refractivity contribution in [3.05, 3.63) is 24.0 Å². The van der Waals surface area contributed by atoms with Gasteiger partial charge in [-0.3, -0.25) is 9.69 Å². The maximum atomic E-state index is 14.0. The maximum Gasteiger partial charge on any atom is 0.321 e. The second-order valence-electron chi connectivity index (χ2n) is 7.12. The molecular formula is C19H27FN4O2. The van der Waals surface area contributed by atoms with E-state index in [1.54, 1.807) is 4.90 Å². The van der Waals surface area contributed by atoms with E-state index in [-0.39, 0.29) is 17.6 Å². The Morgan fingerprint density at radius 2 is 1.81 bits per heavy atom. The summed E-state index contributed by atoms with van der Waals surface area (Å²) in [5.74, 6) is -0.761. The Balaban J connectivity index is 1.60. The second kappa shape index (κ2) is 8.49. The lowest BCUT2D eigenvalue weighted by molar-refractivity contribution is -0.114. The van der Waals surface area contributed by atoms with Crippen LogP contribution in [-0.2, 0) is 4.79 Å². The molecule has 1 aromatic rings. The van der Waals surface area contributed by atoms with E-state index in [4.69, 9.17) is 0 Å². The predicted octanol–water partition coefficient (Wildman–Crippen LogP) is 3.27. The van der Waals surface area contributed by atoms with Crippen molar-refractivity contribution < 1.29 is 14.0 Å². The number of hydrogen-bond donors (Lipinski definition) is 2. The first kappa shape index (κ1) is 18.6. The van der Waals surface area contributed by atoms with Crippen molar-refractivity contribution >= 4 is 23.3 Å². The molecule has 26 heavy (non-hydrogen) atoms. The molecule has 2 N–H and O–H groups in total. The third-order valence-electron chi connectivity index (χ3n) is 5.19. The van der Waals surface area contributed by atoms with Crippen LogP contribution in [0.1, 0.15) is 39.0 Å². The van der Waals surface area contributed by atoms with Crippen LogP contribution in [0.5, 0.6) is 0 Å². The molecule has 6 nitrogen and oxygen atoms in total. The summed E-state index contributed by atoms with van der Waals surface area (Å²) in [5, 5.41) is 5.24. The number of carbonyl (C=O) groups excluding carboxylic acids is 2. The molecule has 2 fully saturated rings. The van der Waals surface area contributed by atoms with Crippen LogP contribution in [-0.4, -0.2) is 54.0 Å². The van der Waals surface area contributed by atoms with E-state index in [2.05, 4.69) is 15.5 Å². The average Bonchev–Trinajstić information content (AvgIpc) is 3.02. The molecule has 1 aromatic carbocycles. The molecule has 1 aliphatic carbocycles. The molecule has 0 radical (unpaired) electrons. The van der Waals surface area contributed by atoms with Gasteiger partial charge in [-0.2, -0.15) is 0 Å². The minimum Gasteiger partial charge on any atom is -0.326 e. The van der Waals surface area contributed by atoms with Gasteiger partial charge in [0.15, 0.2) is 0 Å². The van der Waals surface area contributed by atoms with Crippen LogP contribution in [0, 0.1) is 5.82 Å². The SMILES string of the molecule is CC(=O)Nc1ccc(F)c(NC(=O)N2CCCN(C3CCCC3)CC2)c1. The number of carbonyl (C=O) groups is 2. The number of urea groups is 1. The van der Waals surface area contributed by atoms with Crippen LogP contribution in [0.2, 0.25) is 0 Å². The van der Waals surface area contributed by atoms with Crippen molar-refractivity contribution in [1.82, 2.24) is 9.80 Å². The average molecular weight is 362 g/mol. The standard InChI is InChI=1S/C19H27FN4O2/c1-14(25)21-15-7-8-17(20)18(13-15)22-19(26)24-10-4-9-23(11-12-24)16-5-2-3-6-16/h7-8,13,16H,2-6,9-12H2,1H3,(H,21,25)(H,22,26). The summed E-state index contributed by atoms with van der Waals surface area (Å²) in [6, 6.07) is 4.52. The zero-order valence-corrected chi connectivity index (χ0v) is 15.3. The lowest BCUT2D eigenvalue weighted by Gasteiger charge is -2.27. The van der Waals surface area contributed by atoms with Crippen molar-refractivity contribution in [2.75, 3.05) is 36.8 Å². The number of nitrogens with one attached hydrogen (secondary N) is 2. The Hall–Kier alpha value is -2.15. The van der Waals surface area contributed by atoms with Crippen molar-refractivity contribution in [2.24, 2.45) is 0 Å². The molecule has 1 saturated carbocycles. The Labute approximate surface area is 153 Å². The number of rotatable bonds is 3. The van der Waals surface area contributed by atoms with Crippen molar-refractivity contribution in [3.8, 4) is 0 Å². The molecule has 7 heteroatoms. The fourth-order valence-electron chi connectivity index (χ4n) is 3.87. The molecule has 1 aliphatic heterocycles. The Morgan fingerprint density at radius 3 is 2.54 bits per heavy atom. The number of nitrogens with zero attached hydrogens (tertiary/aromatic N) is 2. The molecule has 0 bridgehead atoms. The van der Waals surface area contributed by atoms with Crippen molar-refractivity contribution in [1.29, 1.82) is 0 Å². The Bertz CT molecular complexity index is 661. The third-order valence-corrected chi connectivity index (χ3v) is 5.19. The van der Waals surface area contributed by atoms with Crippen molar-refractivity contribution in [3.63, 3.8) is 0 Å². The van der Waals surface area contributed by atoms with Crippen LogP contribution in [0.15, 0.2) is 18.2 Å². The first-order valence-corrected chi connectivity index (χ1v) is 9.40. The molecule has 1 saturated heterocycles. The van der Waals surface area contributed by atoms with Crippen LogP contribution >= 0.6 is 0 Å². The van der Waals surface area contributed by atoms with Gasteiger partial charge in [0.2, 0.25) is 5.91 Å². The van der Waals surface area contributed by atoms with Gasteiger partial charge >= 0.3 is 6.03 Å². The number of hydrogen-bond acceptors (Lipinski definition) is 3. The van der Waals surface area contributed by atoms with Crippen molar-refractivity contribution in [2.45, 2.75) is 45.1 Å². The normalized spacial score (nSPS) is 19.2. The fourth-order valence-corrected chi connectivity index (χ4v) is 3.87. The molecular weight excluding hydrogens is 335 g/mol. The highest BCUT2D eigenvalue weighted by molar-refractivity contribution is 5.92. The zero-order chi connectivity index (χ0) is 18.5. The summed E-state index contributed by atoms with van der Waals surface area (Å²) < 4.78 is 14.0. The van der Waals surface area contributed by atoms with Crippen LogP contribution < -0.4 is 10.6 Å². The second-order valence-corrected chi connectivity index (χ2v) is 7.12. The Kier molecular flexibility index (Phi) is 6.08. The van der Waals surface area contributed by atoms with E-state index < -0.39 is 5.82 Å². The minimum absolute atomic E-state index is 0.0816. The molecule has 2 aliphatic rings. The lowest BCUT2D eigenvalue weighted by atomic mass is 10.2. The molecule has 3 amide bonds. The highest BCUT2D eigenvalue weighted by atomic mass is 19.1. The molecule has 3 rings (SSSR count). The van der Waals surface area contributed by atoms with Crippen LogP contribution in [0.4, 0.5) is 20.6 Å². The minimum atomic E-state index is -0.519. The molecule has 0 atom stereocenters. The molecule has 0 unspecified atom stereocenters. The third kappa shape index (κ3) is 4.72. The highest BCUT2D eigenvalue weighted by Crippen LogP contribution is 2.25. The number of anilines is 2. The van der Waals surface area contributed by atoms with E-state index in [1.165, 1.54) is 50.8 Å². The van der Waals surface area contributed by atoms with Gasteiger partial charge < -0.3 is 15.5 Å². The number of benzene rings is 1. The quantitative estimate of drug-likeness (QED) is 0.867. The summed E-state index contributed by atoms with van der Waals surface area (Å²) in [7, 11) is 0. The predicted molar refractivity (Wildman–Crippen MR) is 99.7 cm³/mol. The van der Waals surface area contributed by atoms with Gasteiger partial charge in [0.1, 0.15) is 5.82 Å². The molecule has 142 valence electrons. The number of halogens is 1. The summed E-state index contributed by atoms with van der Waals surface area (Å²) in [4.78, 5) is 28.0. The first-order valence-electron chi connectivity index (χ1n) is 9.40. The molecule has 0 spiro atoms. The lowest BCUT2D eigenvalue weighted by Crippen LogP contribution is -2.40. The van der Waals surface area contributed by atoms with Gasteiger partial charge in [-0.1, -0.05) is 12.8 Å². The fraction of sp³-hybridized carbons (Fsp3) is 0.579. The highest BCUT2D eigenvalue weighted by Gasteiger charge is 2.26. The summed E-state index contributed by atoms with van der Waals surface area (Å²) in [5.41, 5.74) is 0.538. The van der Waals surface area contributed by atoms with E-state index >= 15 is 0 Å². The van der Waals surface area contributed by atoms with Gasteiger partial charge in [-0.05, 0) is 37.5 Å². The molecule has 0 aromatic heterocycles. The van der Waals surface area contributed by atoms with Gasteiger partial charge in [-0.25, -0.2) is 9.18 Å². The van der Waals surface area contributed by atoms with Crippen LogP contribution in [0.3, 0.4) is 0 Å². The van der Waals surface area contributed by atoms with Gasteiger partial charge in [-0.15, -0.1) is 0 Å². The van der Waals surface area contributed by atoms with E-state index in [9.17, 15) is 14.0 Å².